The van der Waals surface area contributed by atoms with Crippen LogP contribution in [-0.2, 0) is 11.3 Å². The van der Waals surface area contributed by atoms with E-state index in [1.807, 2.05) is 24.3 Å². The molecule has 3 aliphatic rings. The molecule has 8 nitrogen and oxygen atoms in total. The highest BCUT2D eigenvalue weighted by Crippen LogP contribution is 2.34. The lowest BCUT2D eigenvalue weighted by Crippen LogP contribution is -2.66. The molecule has 3 amide bonds. The van der Waals surface area contributed by atoms with E-state index in [0.717, 1.165) is 30.9 Å². The molecular formula is C23H25Cl2N5O3. The summed E-state index contributed by atoms with van der Waals surface area (Å²) in [4.78, 5) is 34.1. The molecule has 3 fully saturated rings. The fraction of sp³-hybridized carbons (Fsp3) is 0.391. The monoisotopic (exact) mass is 489 g/mol. The molecule has 10 heteroatoms. The van der Waals surface area contributed by atoms with Crippen molar-refractivity contribution in [3.8, 4) is 5.75 Å². The molecule has 0 aromatic heterocycles. The highest BCUT2D eigenvalue weighted by atomic mass is 35.5. The summed E-state index contributed by atoms with van der Waals surface area (Å²) in [6.07, 6.45) is 0.299. The van der Waals surface area contributed by atoms with Crippen LogP contribution in [0.3, 0.4) is 0 Å². The van der Waals surface area contributed by atoms with E-state index in [0.29, 0.717) is 15.6 Å². The van der Waals surface area contributed by atoms with E-state index < -0.39 is 12.2 Å². The van der Waals surface area contributed by atoms with E-state index in [2.05, 4.69) is 15.1 Å². The van der Waals surface area contributed by atoms with Crippen LogP contribution in [0.2, 0.25) is 10.0 Å². The number of amides is 3. The number of rotatable bonds is 4. The van der Waals surface area contributed by atoms with Crippen LogP contribution in [-0.4, -0.2) is 72.4 Å². The van der Waals surface area contributed by atoms with Crippen LogP contribution in [0, 0.1) is 0 Å². The third kappa shape index (κ3) is 3.81. The number of hydrogen-bond donors (Lipinski definition) is 1. The molecule has 0 aliphatic carbocycles. The van der Waals surface area contributed by atoms with Gasteiger partial charge in [-0.15, -0.1) is 0 Å². The number of urea groups is 1. The van der Waals surface area contributed by atoms with Crippen molar-refractivity contribution in [2.75, 3.05) is 32.1 Å². The molecular weight excluding hydrogens is 465 g/mol. The number of ether oxygens (including phenoxy) is 1. The van der Waals surface area contributed by atoms with Gasteiger partial charge in [-0.05, 0) is 48.4 Å². The number of imide groups is 1. The molecule has 0 radical (unpaired) electrons. The maximum atomic E-state index is 13.6. The number of hydrogen-bond acceptors (Lipinski definition) is 6. The number of nitrogens with one attached hydrogen (secondary N) is 1. The number of nitrogens with zero attached hydrogens (tertiary/aromatic N) is 4. The number of benzene rings is 2. The fourth-order valence-corrected chi connectivity index (χ4v) is 5.39. The lowest BCUT2D eigenvalue weighted by molar-refractivity contribution is -0.139. The number of carbonyl (C=O) groups is 2. The molecule has 1 N–H and O–H groups in total. The van der Waals surface area contributed by atoms with Gasteiger partial charge in [0.1, 0.15) is 24.2 Å². The first-order valence-corrected chi connectivity index (χ1v) is 11.6. The topological polar surface area (TPSA) is 68.4 Å². The van der Waals surface area contributed by atoms with E-state index in [-0.39, 0.29) is 24.8 Å². The van der Waals surface area contributed by atoms with Crippen LogP contribution in [0.25, 0.3) is 0 Å². The van der Waals surface area contributed by atoms with Crippen molar-refractivity contribution in [1.29, 1.82) is 0 Å². The molecule has 3 unspecified atom stereocenters. The van der Waals surface area contributed by atoms with Gasteiger partial charge in [0.15, 0.2) is 0 Å². The zero-order valence-electron chi connectivity index (χ0n) is 18.4. The second kappa shape index (κ2) is 8.68. The quantitative estimate of drug-likeness (QED) is 0.711. The van der Waals surface area contributed by atoms with E-state index in [4.69, 9.17) is 27.9 Å². The molecule has 3 atom stereocenters. The minimum Gasteiger partial charge on any atom is -0.497 e. The minimum absolute atomic E-state index is 0.0991. The molecule has 0 saturated carbocycles. The summed E-state index contributed by atoms with van der Waals surface area (Å²) in [5.74, 6) is 0.568. The summed E-state index contributed by atoms with van der Waals surface area (Å²) in [6.45, 7) is 1.70. The minimum atomic E-state index is -0.482. The van der Waals surface area contributed by atoms with Crippen molar-refractivity contribution in [2.24, 2.45) is 0 Å². The summed E-state index contributed by atoms with van der Waals surface area (Å²) in [6, 6.07) is 12.1. The zero-order chi connectivity index (χ0) is 23.3. The Balaban J connectivity index is 1.42. The zero-order valence-corrected chi connectivity index (χ0v) is 19.9. The van der Waals surface area contributed by atoms with E-state index >= 15 is 0 Å². The Morgan fingerprint density at radius 2 is 1.85 bits per heavy atom. The molecule has 2 aromatic carbocycles. The first-order chi connectivity index (χ1) is 15.9. The van der Waals surface area contributed by atoms with Gasteiger partial charge in [0, 0.05) is 35.9 Å². The summed E-state index contributed by atoms with van der Waals surface area (Å²) in [5.41, 5.74) is 1.71. The van der Waals surface area contributed by atoms with Crippen LogP contribution in [0.15, 0.2) is 42.5 Å². The Bertz CT molecular complexity index is 1080. The fourth-order valence-electron chi connectivity index (χ4n) is 4.92. The van der Waals surface area contributed by atoms with Gasteiger partial charge in [0.2, 0.25) is 0 Å². The summed E-state index contributed by atoms with van der Waals surface area (Å²) >= 11 is 12.3. The normalized spacial score (nSPS) is 25.3. The SMILES string of the molecule is COc1ccc(N2CCCN3C4C(=O)N(Cc5ccc(Cl)cc5Cl)C(=O)N(C)C4NC23)cc1. The average Bonchev–Trinajstić information content (AvgIpc) is 3.22. The maximum absolute atomic E-state index is 13.6. The number of fused-ring (bicyclic) bond motifs is 3. The van der Waals surface area contributed by atoms with Gasteiger partial charge in [0.25, 0.3) is 5.91 Å². The van der Waals surface area contributed by atoms with Gasteiger partial charge in [-0.1, -0.05) is 29.3 Å². The van der Waals surface area contributed by atoms with Crippen LogP contribution in [0.4, 0.5) is 10.5 Å². The molecule has 5 rings (SSSR count). The molecule has 0 spiro atoms. The van der Waals surface area contributed by atoms with E-state index in [1.54, 1.807) is 37.3 Å². The summed E-state index contributed by atoms with van der Waals surface area (Å²) in [7, 11) is 3.37. The first-order valence-electron chi connectivity index (χ1n) is 10.8. The van der Waals surface area contributed by atoms with Gasteiger partial charge in [-0.25, -0.2) is 4.79 Å². The van der Waals surface area contributed by atoms with Gasteiger partial charge in [-0.3, -0.25) is 19.9 Å². The smallest absolute Gasteiger partial charge is 0.328 e. The van der Waals surface area contributed by atoms with Crippen molar-refractivity contribution >= 4 is 40.8 Å². The summed E-state index contributed by atoms with van der Waals surface area (Å²) in [5, 5.41) is 4.46. The average molecular weight is 490 g/mol. The second-order valence-corrected chi connectivity index (χ2v) is 9.31. The number of anilines is 1. The second-order valence-electron chi connectivity index (χ2n) is 8.47. The molecule has 174 valence electrons. The molecule has 3 aliphatic heterocycles. The van der Waals surface area contributed by atoms with Crippen LogP contribution in [0.1, 0.15) is 12.0 Å². The lowest BCUT2D eigenvalue weighted by atomic mass is 10.1. The predicted octanol–water partition coefficient (Wildman–Crippen LogP) is 3.19. The Labute approximate surface area is 202 Å². The maximum Gasteiger partial charge on any atom is 0.328 e. The Morgan fingerprint density at radius 1 is 1.09 bits per heavy atom. The largest absolute Gasteiger partial charge is 0.497 e. The van der Waals surface area contributed by atoms with Crippen LogP contribution in [0.5, 0.6) is 5.75 Å². The van der Waals surface area contributed by atoms with Gasteiger partial charge in [0.05, 0.1) is 13.7 Å². The Hall–Kier alpha value is -2.52. The molecule has 2 aromatic rings. The molecule has 0 bridgehead atoms. The van der Waals surface area contributed by atoms with Crippen molar-refractivity contribution < 1.29 is 14.3 Å². The Morgan fingerprint density at radius 3 is 2.55 bits per heavy atom. The van der Waals surface area contributed by atoms with Crippen molar-refractivity contribution in [3.63, 3.8) is 0 Å². The molecule has 3 saturated heterocycles. The van der Waals surface area contributed by atoms with Gasteiger partial charge in [-0.2, -0.15) is 0 Å². The molecule has 33 heavy (non-hydrogen) atoms. The standard InChI is InChI=1S/C23H25Cl2N5O3/c1-27-20-19(21(31)30(23(27)32)13-14-4-5-15(24)12-18(14)25)29-11-3-10-28(22(29)26-20)16-6-8-17(33-2)9-7-16/h4-9,12,19-20,22,26H,3,10-11,13H2,1-2H3. The highest BCUT2D eigenvalue weighted by molar-refractivity contribution is 6.35. The summed E-state index contributed by atoms with van der Waals surface area (Å²) < 4.78 is 5.28. The number of carbonyl (C=O) groups excluding carboxylic acids is 2. The Kier molecular flexibility index (Phi) is 5.86. The van der Waals surface area contributed by atoms with Crippen LogP contribution < -0.4 is 15.0 Å². The number of methoxy groups -OCH3 is 1. The highest BCUT2D eigenvalue weighted by Gasteiger charge is 2.56. The third-order valence-electron chi connectivity index (χ3n) is 6.62. The van der Waals surface area contributed by atoms with E-state index in [1.165, 1.54) is 4.90 Å². The number of likely N-dealkylation sites (N-methyl/N-ethyl adjacent to an activating group) is 1. The van der Waals surface area contributed by atoms with Gasteiger partial charge >= 0.3 is 6.03 Å². The van der Waals surface area contributed by atoms with Crippen molar-refractivity contribution in [3.05, 3.63) is 58.1 Å². The first kappa shape index (κ1) is 22.3. The molecule has 3 heterocycles. The van der Waals surface area contributed by atoms with Crippen LogP contribution >= 0.6 is 23.2 Å². The predicted molar refractivity (Wildman–Crippen MR) is 126 cm³/mol. The van der Waals surface area contributed by atoms with Crippen molar-refractivity contribution in [2.45, 2.75) is 31.5 Å². The van der Waals surface area contributed by atoms with E-state index in [9.17, 15) is 9.59 Å². The van der Waals surface area contributed by atoms with Gasteiger partial charge < -0.3 is 14.5 Å². The lowest BCUT2D eigenvalue weighted by Gasteiger charge is -2.44. The third-order valence-corrected chi connectivity index (χ3v) is 7.20. The van der Waals surface area contributed by atoms with Crippen molar-refractivity contribution in [1.82, 2.24) is 20.0 Å². The number of halogens is 2.